The van der Waals surface area contributed by atoms with Crippen LogP contribution in [0.25, 0.3) is 0 Å². The number of methoxy groups -OCH3 is 1. The zero-order valence-electron chi connectivity index (χ0n) is 7.50. The fraction of sp³-hybridized carbons (Fsp3) is 0.250. The third kappa shape index (κ3) is 2.41. The SMILES string of the molecule is COC(=O)c1cc(C(F)F)c(O)c(Br)n1. The quantitative estimate of drug-likeness (QED) is 0.667. The standard InChI is InChI=1S/C8H6BrF2NO3/c1-15-8(14)4-2-3(7(10)11)5(13)6(9)12-4/h2,7,13H,1H3. The number of carbonyl (C=O) groups is 1. The number of rotatable bonds is 2. The van der Waals surface area contributed by atoms with E-state index in [1.54, 1.807) is 0 Å². The summed E-state index contributed by atoms with van der Waals surface area (Å²) >= 11 is 2.76. The van der Waals surface area contributed by atoms with Gasteiger partial charge in [-0.1, -0.05) is 0 Å². The van der Waals surface area contributed by atoms with Crippen LogP contribution >= 0.6 is 15.9 Å². The van der Waals surface area contributed by atoms with Crippen molar-refractivity contribution in [3.05, 3.63) is 21.9 Å². The molecule has 0 saturated carbocycles. The van der Waals surface area contributed by atoms with Crippen LogP contribution in [0.3, 0.4) is 0 Å². The first kappa shape index (κ1) is 11.8. The third-order valence-electron chi connectivity index (χ3n) is 1.61. The number of esters is 1. The van der Waals surface area contributed by atoms with E-state index < -0.39 is 23.7 Å². The van der Waals surface area contributed by atoms with Crippen molar-refractivity contribution in [1.29, 1.82) is 0 Å². The maximum absolute atomic E-state index is 12.4. The van der Waals surface area contributed by atoms with Gasteiger partial charge in [0, 0.05) is 0 Å². The maximum Gasteiger partial charge on any atom is 0.356 e. The number of halogens is 3. The van der Waals surface area contributed by atoms with Gasteiger partial charge in [-0.05, 0) is 22.0 Å². The molecule has 1 heterocycles. The Balaban J connectivity index is 3.29. The Morgan fingerprint density at radius 3 is 2.73 bits per heavy atom. The first-order valence-corrected chi connectivity index (χ1v) is 4.52. The molecule has 0 unspecified atom stereocenters. The van der Waals surface area contributed by atoms with E-state index >= 15 is 0 Å². The predicted molar refractivity (Wildman–Crippen MR) is 49.9 cm³/mol. The summed E-state index contributed by atoms with van der Waals surface area (Å²) in [6.07, 6.45) is -2.90. The Kier molecular flexibility index (Phi) is 3.57. The van der Waals surface area contributed by atoms with E-state index in [0.29, 0.717) is 0 Å². The average molecular weight is 282 g/mol. The van der Waals surface area contributed by atoms with Gasteiger partial charge in [-0.25, -0.2) is 18.6 Å². The van der Waals surface area contributed by atoms with Crippen LogP contribution in [0.15, 0.2) is 10.7 Å². The van der Waals surface area contributed by atoms with Crippen molar-refractivity contribution < 1.29 is 23.4 Å². The van der Waals surface area contributed by atoms with Gasteiger partial charge in [0.1, 0.15) is 10.3 Å². The zero-order chi connectivity index (χ0) is 11.6. The topological polar surface area (TPSA) is 59.4 Å². The number of carbonyl (C=O) groups excluding carboxylic acids is 1. The molecule has 15 heavy (non-hydrogen) atoms. The summed E-state index contributed by atoms with van der Waals surface area (Å²) in [6.45, 7) is 0. The van der Waals surface area contributed by atoms with Crippen molar-refractivity contribution in [3.63, 3.8) is 0 Å². The summed E-state index contributed by atoms with van der Waals surface area (Å²) in [5.41, 5.74) is -0.963. The molecule has 1 aromatic rings. The molecule has 0 aliphatic heterocycles. The minimum absolute atomic E-state index is 0.222. The summed E-state index contributed by atoms with van der Waals surface area (Å²) in [7, 11) is 1.10. The zero-order valence-corrected chi connectivity index (χ0v) is 9.09. The van der Waals surface area contributed by atoms with Crippen LogP contribution < -0.4 is 0 Å². The monoisotopic (exact) mass is 281 g/mol. The second-order valence-electron chi connectivity index (χ2n) is 2.53. The van der Waals surface area contributed by atoms with Crippen LogP contribution in [0.5, 0.6) is 5.75 Å². The molecule has 1 aromatic heterocycles. The van der Waals surface area contributed by atoms with Gasteiger partial charge >= 0.3 is 5.97 Å². The molecule has 0 aliphatic carbocycles. The van der Waals surface area contributed by atoms with Gasteiger partial charge in [-0.3, -0.25) is 0 Å². The number of aromatic nitrogens is 1. The summed E-state index contributed by atoms with van der Waals surface area (Å²) in [4.78, 5) is 14.6. The number of hydrogen-bond donors (Lipinski definition) is 1. The number of hydrogen-bond acceptors (Lipinski definition) is 4. The lowest BCUT2D eigenvalue weighted by Crippen LogP contribution is -2.06. The summed E-state index contributed by atoms with van der Waals surface area (Å²) in [5, 5.41) is 9.21. The van der Waals surface area contributed by atoms with Gasteiger partial charge in [0.25, 0.3) is 6.43 Å². The highest BCUT2D eigenvalue weighted by Gasteiger charge is 2.20. The molecule has 82 valence electrons. The van der Waals surface area contributed by atoms with E-state index in [2.05, 4.69) is 25.7 Å². The van der Waals surface area contributed by atoms with Crippen LogP contribution in [-0.4, -0.2) is 23.2 Å². The Morgan fingerprint density at radius 2 is 2.27 bits per heavy atom. The molecule has 4 nitrogen and oxygen atoms in total. The van der Waals surface area contributed by atoms with Crippen LogP contribution in [0.1, 0.15) is 22.5 Å². The van der Waals surface area contributed by atoms with E-state index in [-0.39, 0.29) is 10.3 Å². The molecule has 0 radical (unpaired) electrons. The van der Waals surface area contributed by atoms with Crippen molar-refractivity contribution in [2.24, 2.45) is 0 Å². The smallest absolute Gasteiger partial charge is 0.356 e. The van der Waals surface area contributed by atoms with Crippen molar-refractivity contribution in [1.82, 2.24) is 4.98 Å². The van der Waals surface area contributed by atoms with Gasteiger partial charge in [-0.15, -0.1) is 0 Å². The number of aromatic hydroxyl groups is 1. The minimum Gasteiger partial charge on any atom is -0.505 e. The summed E-state index contributed by atoms with van der Waals surface area (Å²) in [5.74, 6) is -1.53. The second kappa shape index (κ2) is 4.52. The number of pyridine rings is 1. The largest absolute Gasteiger partial charge is 0.505 e. The van der Waals surface area contributed by atoms with E-state index in [0.717, 1.165) is 13.2 Å². The van der Waals surface area contributed by atoms with Gasteiger partial charge in [0.05, 0.1) is 12.7 Å². The van der Waals surface area contributed by atoms with Gasteiger partial charge in [-0.2, -0.15) is 0 Å². The van der Waals surface area contributed by atoms with Gasteiger partial charge in [0.15, 0.2) is 5.75 Å². The van der Waals surface area contributed by atoms with E-state index in [1.807, 2.05) is 0 Å². The molecule has 0 atom stereocenters. The van der Waals surface area contributed by atoms with E-state index in [9.17, 15) is 18.7 Å². The van der Waals surface area contributed by atoms with Gasteiger partial charge < -0.3 is 9.84 Å². The second-order valence-corrected chi connectivity index (χ2v) is 3.28. The molecule has 0 saturated heterocycles. The van der Waals surface area contributed by atoms with E-state index in [4.69, 9.17) is 0 Å². The lowest BCUT2D eigenvalue weighted by Gasteiger charge is -2.06. The third-order valence-corrected chi connectivity index (χ3v) is 2.16. The van der Waals surface area contributed by atoms with Crippen molar-refractivity contribution in [2.75, 3.05) is 7.11 Å². The molecular weight excluding hydrogens is 276 g/mol. The first-order valence-electron chi connectivity index (χ1n) is 3.73. The maximum atomic E-state index is 12.4. The molecule has 0 aliphatic rings. The Bertz CT molecular complexity index is 398. The summed E-state index contributed by atoms with van der Waals surface area (Å²) < 4.78 is 28.9. The predicted octanol–water partition coefficient (Wildman–Crippen LogP) is 2.27. The average Bonchev–Trinajstić information content (AvgIpc) is 2.20. The molecule has 1 rings (SSSR count). The lowest BCUT2D eigenvalue weighted by molar-refractivity contribution is 0.0593. The molecular formula is C8H6BrF2NO3. The van der Waals surface area contributed by atoms with Crippen LogP contribution in [-0.2, 0) is 4.74 Å². The van der Waals surface area contributed by atoms with Crippen LogP contribution in [0.2, 0.25) is 0 Å². The lowest BCUT2D eigenvalue weighted by atomic mass is 10.2. The fourth-order valence-electron chi connectivity index (χ4n) is 0.901. The minimum atomic E-state index is -2.90. The first-order chi connectivity index (χ1) is 6.97. The highest BCUT2D eigenvalue weighted by Crippen LogP contribution is 2.33. The highest BCUT2D eigenvalue weighted by molar-refractivity contribution is 9.10. The van der Waals surface area contributed by atoms with Crippen molar-refractivity contribution >= 4 is 21.9 Å². The van der Waals surface area contributed by atoms with Crippen LogP contribution in [0.4, 0.5) is 8.78 Å². The van der Waals surface area contributed by atoms with E-state index in [1.165, 1.54) is 0 Å². The number of alkyl halides is 2. The highest BCUT2D eigenvalue weighted by atomic mass is 79.9. The molecule has 0 bridgehead atoms. The molecule has 0 fully saturated rings. The Morgan fingerprint density at radius 1 is 1.67 bits per heavy atom. The van der Waals surface area contributed by atoms with Crippen molar-refractivity contribution in [3.8, 4) is 5.75 Å². The van der Waals surface area contributed by atoms with Crippen molar-refractivity contribution in [2.45, 2.75) is 6.43 Å². The molecule has 0 amide bonds. The number of ether oxygens (including phenoxy) is 1. The molecule has 7 heteroatoms. The van der Waals surface area contributed by atoms with Crippen LogP contribution in [0, 0.1) is 0 Å². The Hall–Kier alpha value is -1.24. The normalized spacial score (nSPS) is 10.5. The molecule has 0 aromatic carbocycles. The number of nitrogens with zero attached hydrogens (tertiary/aromatic N) is 1. The molecule has 0 spiro atoms. The molecule has 1 N–H and O–H groups in total. The Labute approximate surface area is 92.0 Å². The van der Waals surface area contributed by atoms with Gasteiger partial charge in [0.2, 0.25) is 0 Å². The fourth-order valence-corrected chi connectivity index (χ4v) is 1.32. The summed E-state index contributed by atoms with van der Waals surface area (Å²) in [6, 6.07) is 0.788.